The van der Waals surface area contributed by atoms with Crippen molar-refractivity contribution in [2.45, 2.75) is 25.9 Å². The zero-order valence-electron chi connectivity index (χ0n) is 17.4. The minimum atomic E-state index is -0.0888. The lowest BCUT2D eigenvalue weighted by Crippen LogP contribution is -2.30. The average Bonchev–Trinajstić information content (AvgIpc) is 3.40. The Morgan fingerprint density at radius 2 is 1.68 bits per heavy atom. The lowest BCUT2D eigenvalue weighted by Gasteiger charge is -2.29. The van der Waals surface area contributed by atoms with E-state index in [-0.39, 0.29) is 12.1 Å². The molecule has 0 amide bonds. The summed E-state index contributed by atoms with van der Waals surface area (Å²) in [4.78, 5) is 11.5. The highest BCUT2D eigenvalue weighted by Crippen LogP contribution is 2.42. The monoisotopic (exact) mass is 425 g/mol. The molecule has 4 heterocycles. The molecule has 1 aliphatic rings. The number of rotatable bonds is 4. The smallest absolute Gasteiger partial charge is 0.174 e. The van der Waals surface area contributed by atoms with Gasteiger partial charge in [0.1, 0.15) is 11.9 Å². The van der Waals surface area contributed by atoms with Crippen molar-refractivity contribution in [1.29, 1.82) is 0 Å². The molecular formula is C25H23N5S. The fraction of sp³-hybridized carbons (Fsp3) is 0.160. The Labute approximate surface area is 187 Å². The second-order valence-corrected chi connectivity index (χ2v) is 8.22. The van der Waals surface area contributed by atoms with Crippen molar-refractivity contribution in [2.75, 3.05) is 4.90 Å². The van der Waals surface area contributed by atoms with Gasteiger partial charge in [0.25, 0.3) is 0 Å². The van der Waals surface area contributed by atoms with Crippen LogP contribution in [-0.2, 0) is 0 Å². The van der Waals surface area contributed by atoms with Gasteiger partial charge in [0.15, 0.2) is 5.11 Å². The molecule has 2 unspecified atom stereocenters. The van der Waals surface area contributed by atoms with E-state index >= 15 is 0 Å². The van der Waals surface area contributed by atoms with E-state index in [0.717, 1.165) is 28.5 Å². The predicted molar refractivity (Wildman–Crippen MR) is 127 cm³/mol. The molecule has 1 N–H and O–H groups in total. The molecule has 1 saturated heterocycles. The van der Waals surface area contributed by atoms with E-state index in [1.807, 2.05) is 43.6 Å². The van der Waals surface area contributed by atoms with Gasteiger partial charge in [0, 0.05) is 30.0 Å². The summed E-state index contributed by atoms with van der Waals surface area (Å²) in [6.45, 7) is 4.13. The minimum Gasteiger partial charge on any atom is -0.351 e. The van der Waals surface area contributed by atoms with Crippen LogP contribution >= 0.6 is 12.2 Å². The SMILES string of the molecule is Cc1ccc(N2C(=S)NC(c3ccccn3)C2c2cccn2-c2ccc(C)cn2)cc1. The topological polar surface area (TPSA) is 46.0 Å². The zero-order chi connectivity index (χ0) is 21.4. The zero-order valence-corrected chi connectivity index (χ0v) is 18.3. The van der Waals surface area contributed by atoms with Crippen LogP contribution < -0.4 is 10.2 Å². The molecular weight excluding hydrogens is 402 g/mol. The first-order valence-electron chi connectivity index (χ1n) is 10.3. The van der Waals surface area contributed by atoms with E-state index in [0.29, 0.717) is 5.11 Å². The largest absolute Gasteiger partial charge is 0.351 e. The molecule has 1 aliphatic heterocycles. The van der Waals surface area contributed by atoms with Crippen LogP contribution in [0.3, 0.4) is 0 Å². The van der Waals surface area contributed by atoms with E-state index in [9.17, 15) is 0 Å². The van der Waals surface area contributed by atoms with E-state index in [4.69, 9.17) is 12.2 Å². The van der Waals surface area contributed by atoms with E-state index < -0.39 is 0 Å². The second kappa shape index (κ2) is 7.96. The number of hydrogen-bond donors (Lipinski definition) is 1. The third-order valence-corrected chi connectivity index (χ3v) is 5.95. The van der Waals surface area contributed by atoms with Crippen LogP contribution in [0.4, 0.5) is 5.69 Å². The van der Waals surface area contributed by atoms with Gasteiger partial charge >= 0.3 is 0 Å². The van der Waals surface area contributed by atoms with Crippen molar-refractivity contribution >= 4 is 23.0 Å². The minimum absolute atomic E-state index is 0.0804. The van der Waals surface area contributed by atoms with Gasteiger partial charge in [-0.05, 0) is 74.1 Å². The highest BCUT2D eigenvalue weighted by atomic mass is 32.1. The first-order valence-corrected chi connectivity index (χ1v) is 10.7. The van der Waals surface area contributed by atoms with E-state index in [2.05, 4.69) is 80.3 Å². The fourth-order valence-electron chi connectivity index (χ4n) is 4.09. The molecule has 1 fully saturated rings. The van der Waals surface area contributed by atoms with Crippen LogP contribution in [0.1, 0.15) is 34.6 Å². The molecule has 2 atom stereocenters. The number of nitrogens with zero attached hydrogens (tertiary/aromatic N) is 4. The summed E-state index contributed by atoms with van der Waals surface area (Å²) >= 11 is 5.82. The number of pyridine rings is 2. The summed E-state index contributed by atoms with van der Waals surface area (Å²) in [7, 11) is 0. The number of benzene rings is 1. The number of nitrogens with one attached hydrogen (secondary N) is 1. The summed E-state index contributed by atoms with van der Waals surface area (Å²) in [5.74, 6) is 0.882. The van der Waals surface area contributed by atoms with Gasteiger partial charge in [0.05, 0.1) is 11.7 Å². The van der Waals surface area contributed by atoms with Gasteiger partial charge in [0.2, 0.25) is 0 Å². The molecule has 154 valence electrons. The Hall–Kier alpha value is -3.51. The highest BCUT2D eigenvalue weighted by molar-refractivity contribution is 7.80. The van der Waals surface area contributed by atoms with Crippen LogP contribution in [0.15, 0.2) is 85.3 Å². The summed E-state index contributed by atoms with van der Waals surface area (Å²) in [6.07, 6.45) is 5.77. The number of aromatic nitrogens is 3. The lowest BCUT2D eigenvalue weighted by atomic mass is 10.0. The Morgan fingerprint density at radius 1 is 0.871 bits per heavy atom. The molecule has 5 nitrogen and oxygen atoms in total. The van der Waals surface area contributed by atoms with Gasteiger partial charge in [-0.2, -0.15) is 0 Å². The molecule has 31 heavy (non-hydrogen) atoms. The molecule has 1 aromatic carbocycles. The first kappa shape index (κ1) is 19.5. The summed E-state index contributed by atoms with van der Waals surface area (Å²) in [6, 6.07) is 22.6. The summed E-state index contributed by atoms with van der Waals surface area (Å²) in [5, 5.41) is 4.21. The molecule has 5 rings (SSSR count). The van der Waals surface area contributed by atoms with E-state index in [1.54, 1.807) is 0 Å². The van der Waals surface area contributed by atoms with E-state index in [1.165, 1.54) is 5.56 Å². The fourth-order valence-corrected chi connectivity index (χ4v) is 4.43. The maximum absolute atomic E-state index is 5.82. The molecule has 0 bridgehead atoms. The summed E-state index contributed by atoms with van der Waals surface area (Å²) < 4.78 is 2.14. The van der Waals surface area contributed by atoms with Crippen molar-refractivity contribution in [2.24, 2.45) is 0 Å². The Kier molecular flexibility index (Phi) is 5.00. The van der Waals surface area contributed by atoms with Gasteiger partial charge in [-0.25, -0.2) is 4.98 Å². The Bertz CT molecular complexity index is 1200. The van der Waals surface area contributed by atoms with Gasteiger partial charge < -0.3 is 14.8 Å². The maximum Gasteiger partial charge on any atom is 0.174 e. The van der Waals surface area contributed by atoms with Gasteiger partial charge in [-0.1, -0.05) is 29.8 Å². The normalized spacial score (nSPS) is 18.3. The number of aryl methyl sites for hydroxylation is 2. The molecule has 6 heteroatoms. The predicted octanol–water partition coefficient (Wildman–Crippen LogP) is 5.06. The molecule has 4 aromatic rings. The van der Waals surface area contributed by atoms with Crippen molar-refractivity contribution in [3.05, 3.63) is 108 Å². The lowest BCUT2D eigenvalue weighted by molar-refractivity contribution is 0.548. The van der Waals surface area contributed by atoms with Crippen LogP contribution in [0, 0.1) is 13.8 Å². The molecule has 0 aliphatic carbocycles. The third kappa shape index (κ3) is 3.59. The van der Waals surface area contributed by atoms with Crippen molar-refractivity contribution < 1.29 is 0 Å². The molecule has 3 aromatic heterocycles. The Morgan fingerprint density at radius 3 is 2.39 bits per heavy atom. The van der Waals surface area contributed by atoms with Gasteiger partial charge in [-0.3, -0.25) is 4.98 Å². The van der Waals surface area contributed by atoms with Crippen LogP contribution in [0.25, 0.3) is 5.82 Å². The average molecular weight is 426 g/mol. The highest BCUT2D eigenvalue weighted by Gasteiger charge is 2.42. The molecule has 0 saturated carbocycles. The maximum atomic E-state index is 5.82. The molecule has 0 radical (unpaired) electrons. The van der Waals surface area contributed by atoms with Crippen LogP contribution in [-0.4, -0.2) is 19.6 Å². The second-order valence-electron chi connectivity index (χ2n) is 7.83. The third-order valence-electron chi connectivity index (χ3n) is 5.64. The standard InChI is InChI=1S/C25H23N5S/c1-17-8-11-19(12-9-17)30-24(23(28-25(30)31)20-6-3-4-14-26-20)21-7-5-15-29(21)22-13-10-18(2)16-27-22/h3-16,23-24H,1-2H3,(H,28,31). The quantitative estimate of drug-likeness (QED) is 0.463. The number of hydrogen-bond acceptors (Lipinski definition) is 3. The number of anilines is 1. The van der Waals surface area contributed by atoms with Crippen molar-refractivity contribution in [1.82, 2.24) is 19.9 Å². The van der Waals surface area contributed by atoms with Crippen LogP contribution in [0.2, 0.25) is 0 Å². The van der Waals surface area contributed by atoms with Crippen molar-refractivity contribution in [3.63, 3.8) is 0 Å². The first-order chi connectivity index (χ1) is 15.1. The summed E-state index contributed by atoms with van der Waals surface area (Å²) in [5.41, 5.74) is 5.45. The molecule has 0 spiro atoms. The van der Waals surface area contributed by atoms with Crippen molar-refractivity contribution in [3.8, 4) is 5.82 Å². The van der Waals surface area contributed by atoms with Gasteiger partial charge in [-0.15, -0.1) is 0 Å². The Balaban J connectivity index is 1.66. The number of thiocarbonyl (C=S) groups is 1. The van der Waals surface area contributed by atoms with Crippen LogP contribution in [0.5, 0.6) is 0 Å².